The average molecular weight is 391 g/mol. The SMILES string of the molecule is CCCC(CCO)CNS(=O)(=O)c1cc(Cl)c(Br)s1. The maximum absolute atomic E-state index is 12.1. The highest BCUT2D eigenvalue weighted by Crippen LogP contribution is 2.34. The third kappa shape index (κ3) is 5.32. The monoisotopic (exact) mass is 389 g/mol. The fourth-order valence-corrected chi connectivity index (χ4v) is 5.26. The summed E-state index contributed by atoms with van der Waals surface area (Å²) in [5.74, 6) is 0.156. The minimum Gasteiger partial charge on any atom is -0.396 e. The van der Waals surface area contributed by atoms with Crippen LogP contribution in [0.2, 0.25) is 5.02 Å². The molecule has 110 valence electrons. The molecule has 1 heterocycles. The van der Waals surface area contributed by atoms with Gasteiger partial charge >= 0.3 is 0 Å². The molecule has 1 atom stereocenters. The molecule has 0 spiro atoms. The molecule has 0 amide bonds. The third-order valence-electron chi connectivity index (χ3n) is 2.68. The molecule has 0 aromatic carbocycles. The fourth-order valence-electron chi connectivity index (χ4n) is 1.70. The van der Waals surface area contributed by atoms with E-state index in [1.807, 2.05) is 6.92 Å². The van der Waals surface area contributed by atoms with Gasteiger partial charge in [-0.1, -0.05) is 24.9 Å². The molecule has 0 fully saturated rings. The van der Waals surface area contributed by atoms with E-state index in [-0.39, 0.29) is 16.7 Å². The van der Waals surface area contributed by atoms with Gasteiger partial charge in [-0.05, 0) is 40.8 Å². The van der Waals surface area contributed by atoms with Crippen molar-refractivity contribution in [2.45, 2.75) is 30.4 Å². The Balaban J connectivity index is 2.68. The molecule has 4 nitrogen and oxygen atoms in total. The molecule has 1 rings (SSSR count). The number of aliphatic hydroxyl groups excluding tert-OH is 1. The summed E-state index contributed by atoms with van der Waals surface area (Å²) in [6.07, 6.45) is 2.45. The number of hydrogen-bond acceptors (Lipinski definition) is 4. The molecule has 0 saturated carbocycles. The molecule has 2 N–H and O–H groups in total. The number of halogens is 2. The van der Waals surface area contributed by atoms with E-state index in [2.05, 4.69) is 20.7 Å². The van der Waals surface area contributed by atoms with Crippen LogP contribution < -0.4 is 4.72 Å². The summed E-state index contributed by atoms with van der Waals surface area (Å²) in [5.41, 5.74) is 0. The molecule has 0 radical (unpaired) electrons. The van der Waals surface area contributed by atoms with Crippen LogP contribution in [0.4, 0.5) is 0 Å². The largest absolute Gasteiger partial charge is 0.396 e. The summed E-state index contributed by atoms with van der Waals surface area (Å²) in [5, 5.41) is 9.34. The Labute approximate surface area is 131 Å². The second kappa shape index (κ2) is 7.95. The lowest BCUT2D eigenvalue weighted by atomic mass is 10.0. The lowest BCUT2D eigenvalue weighted by molar-refractivity contribution is 0.251. The molecule has 1 unspecified atom stereocenters. The Morgan fingerprint density at radius 2 is 2.21 bits per heavy atom. The summed E-state index contributed by atoms with van der Waals surface area (Å²) < 4.78 is 27.5. The van der Waals surface area contributed by atoms with Crippen LogP contribution >= 0.6 is 38.9 Å². The van der Waals surface area contributed by atoms with Crippen molar-refractivity contribution < 1.29 is 13.5 Å². The van der Waals surface area contributed by atoms with Gasteiger partial charge in [0.2, 0.25) is 10.0 Å². The van der Waals surface area contributed by atoms with Crippen molar-refractivity contribution >= 4 is 48.9 Å². The highest BCUT2D eigenvalue weighted by atomic mass is 79.9. The van der Waals surface area contributed by atoms with Crippen molar-refractivity contribution in [1.29, 1.82) is 0 Å². The van der Waals surface area contributed by atoms with E-state index in [4.69, 9.17) is 16.7 Å². The molecule has 1 aromatic rings. The van der Waals surface area contributed by atoms with Crippen LogP contribution in [0.5, 0.6) is 0 Å². The zero-order valence-corrected chi connectivity index (χ0v) is 14.5. The highest BCUT2D eigenvalue weighted by molar-refractivity contribution is 9.11. The summed E-state index contributed by atoms with van der Waals surface area (Å²) in [4.78, 5) is 0. The minimum absolute atomic E-state index is 0.0722. The van der Waals surface area contributed by atoms with Gasteiger partial charge in [-0.3, -0.25) is 0 Å². The fraction of sp³-hybridized carbons (Fsp3) is 0.636. The van der Waals surface area contributed by atoms with E-state index < -0.39 is 10.0 Å². The summed E-state index contributed by atoms with van der Waals surface area (Å²) in [6.45, 7) is 2.45. The molecular formula is C11H17BrClNO3S2. The zero-order chi connectivity index (χ0) is 14.5. The third-order valence-corrected chi connectivity index (χ3v) is 7.06. The van der Waals surface area contributed by atoms with Crippen molar-refractivity contribution in [2.75, 3.05) is 13.2 Å². The first-order valence-electron chi connectivity index (χ1n) is 5.96. The Bertz CT molecular complexity index is 479. The molecule has 19 heavy (non-hydrogen) atoms. The van der Waals surface area contributed by atoms with Gasteiger partial charge < -0.3 is 5.11 Å². The van der Waals surface area contributed by atoms with Gasteiger partial charge in [0.15, 0.2) is 0 Å². The Morgan fingerprint density at radius 3 is 2.68 bits per heavy atom. The summed E-state index contributed by atoms with van der Waals surface area (Å²) >= 11 is 10.1. The van der Waals surface area contributed by atoms with Gasteiger partial charge in [-0.15, -0.1) is 11.3 Å². The molecule has 1 aromatic heterocycles. The van der Waals surface area contributed by atoms with Crippen molar-refractivity contribution in [3.63, 3.8) is 0 Å². The second-order valence-electron chi connectivity index (χ2n) is 4.21. The molecule has 0 aliphatic carbocycles. The first-order valence-corrected chi connectivity index (χ1v) is 9.43. The topological polar surface area (TPSA) is 66.4 Å². The van der Waals surface area contributed by atoms with Crippen molar-refractivity contribution in [3.8, 4) is 0 Å². The molecular weight excluding hydrogens is 374 g/mol. The van der Waals surface area contributed by atoms with Gasteiger partial charge in [-0.25, -0.2) is 13.1 Å². The zero-order valence-electron chi connectivity index (χ0n) is 10.5. The first kappa shape index (κ1) is 17.4. The quantitative estimate of drug-likeness (QED) is 0.716. The van der Waals surface area contributed by atoms with Crippen LogP contribution in [-0.2, 0) is 10.0 Å². The maximum Gasteiger partial charge on any atom is 0.250 e. The Morgan fingerprint density at radius 1 is 1.53 bits per heavy atom. The number of nitrogens with one attached hydrogen (secondary N) is 1. The van der Waals surface area contributed by atoms with Gasteiger partial charge in [0.25, 0.3) is 0 Å². The van der Waals surface area contributed by atoms with Gasteiger partial charge in [-0.2, -0.15) is 0 Å². The van der Waals surface area contributed by atoms with Crippen LogP contribution in [0.15, 0.2) is 14.1 Å². The number of thiophene rings is 1. The van der Waals surface area contributed by atoms with Crippen LogP contribution in [0, 0.1) is 5.92 Å². The van der Waals surface area contributed by atoms with Crippen LogP contribution in [0.1, 0.15) is 26.2 Å². The normalized spacial score (nSPS) is 13.7. The van der Waals surface area contributed by atoms with E-state index in [0.717, 1.165) is 24.2 Å². The Kier molecular flexibility index (Phi) is 7.28. The molecule has 0 aliphatic heterocycles. The van der Waals surface area contributed by atoms with E-state index in [0.29, 0.717) is 21.8 Å². The Hall–Kier alpha value is 0.340. The van der Waals surface area contributed by atoms with Crippen LogP contribution in [0.25, 0.3) is 0 Å². The standard InChI is InChI=1S/C11H17BrClNO3S2/c1-2-3-8(4-5-15)7-14-19(16,17)10-6-9(13)11(12)18-10/h6,8,14-15H,2-5,7H2,1H3. The van der Waals surface area contributed by atoms with Gasteiger partial charge in [0.1, 0.15) is 4.21 Å². The van der Waals surface area contributed by atoms with E-state index in [9.17, 15) is 8.42 Å². The molecule has 0 bridgehead atoms. The lowest BCUT2D eigenvalue weighted by Gasteiger charge is -2.15. The highest BCUT2D eigenvalue weighted by Gasteiger charge is 2.20. The van der Waals surface area contributed by atoms with Crippen LogP contribution in [-0.4, -0.2) is 26.7 Å². The molecule has 0 saturated heterocycles. The number of sulfonamides is 1. The summed E-state index contributed by atoms with van der Waals surface area (Å²) in [7, 11) is -3.52. The molecule has 8 heteroatoms. The predicted molar refractivity (Wildman–Crippen MR) is 82.3 cm³/mol. The van der Waals surface area contributed by atoms with E-state index >= 15 is 0 Å². The predicted octanol–water partition coefficient (Wildman–Crippen LogP) is 3.24. The number of hydrogen-bond donors (Lipinski definition) is 2. The number of aliphatic hydroxyl groups is 1. The van der Waals surface area contributed by atoms with Gasteiger partial charge in [0, 0.05) is 13.2 Å². The lowest BCUT2D eigenvalue weighted by Crippen LogP contribution is -2.29. The maximum atomic E-state index is 12.1. The molecule has 0 aliphatic rings. The van der Waals surface area contributed by atoms with Crippen molar-refractivity contribution in [3.05, 3.63) is 14.9 Å². The van der Waals surface area contributed by atoms with Crippen molar-refractivity contribution in [1.82, 2.24) is 4.72 Å². The first-order chi connectivity index (χ1) is 8.90. The second-order valence-corrected chi connectivity index (χ2v) is 8.98. The smallest absolute Gasteiger partial charge is 0.250 e. The van der Waals surface area contributed by atoms with Crippen LogP contribution in [0.3, 0.4) is 0 Å². The van der Waals surface area contributed by atoms with Gasteiger partial charge in [0.05, 0.1) is 8.81 Å². The van der Waals surface area contributed by atoms with Crippen molar-refractivity contribution in [2.24, 2.45) is 5.92 Å². The summed E-state index contributed by atoms with van der Waals surface area (Å²) in [6, 6.07) is 1.43. The van der Waals surface area contributed by atoms with E-state index in [1.165, 1.54) is 6.07 Å². The van der Waals surface area contributed by atoms with E-state index in [1.54, 1.807) is 0 Å². The number of rotatable bonds is 8. The minimum atomic E-state index is -3.52. The average Bonchev–Trinajstić information content (AvgIpc) is 2.68.